The molecular weight excluding hydrogens is 444 g/mol. The molecule has 188 valence electrons. The average Bonchev–Trinajstić information content (AvgIpc) is 3.68. The van der Waals surface area contributed by atoms with Crippen LogP contribution in [-0.2, 0) is 22.6 Å². The predicted molar refractivity (Wildman–Crippen MR) is 134 cm³/mol. The normalized spacial score (nSPS) is 21.4. The zero-order chi connectivity index (χ0) is 24.9. The standard InChI is InChI=1S/C27H36N4O4/c1-18-14-31(19(2)17-32)26(33)13-22-12-23(29-27(34)21-4-5-21)6-7-24(22)35-25(18)16-30(3)15-20-8-10-28-11-9-20/h6-12,18-19,21,25,32H,4-5,13-17H2,1-3H3,(H,29,34)/t18-,19+,25?/m1/s1. The Morgan fingerprint density at radius 2 is 2.03 bits per heavy atom. The van der Waals surface area contributed by atoms with Crippen LogP contribution in [0.2, 0.25) is 0 Å². The van der Waals surface area contributed by atoms with Crippen LogP contribution < -0.4 is 10.1 Å². The molecule has 0 radical (unpaired) electrons. The number of likely N-dealkylation sites (N-methyl/N-ethyl adjacent to an activating group) is 1. The quantitative estimate of drug-likeness (QED) is 0.603. The second-order valence-corrected chi connectivity index (χ2v) is 10.0. The minimum Gasteiger partial charge on any atom is -0.488 e. The average molecular weight is 481 g/mol. The minimum absolute atomic E-state index is 0.0278. The Balaban J connectivity index is 1.58. The van der Waals surface area contributed by atoms with Gasteiger partial charge in [0.25, 0.3) is 0 Å². The number of aliphatic hydroxyl groups is 1. The summed E-state index contributed by atoms with van der Waals surface area (Å²) in [7, 11) is 2.06. The summed E-state index contributed by atoms with van der Waals surface area (Å²) in [6, 6.07) is 9.26. The molecule has 2 aromatic rings. The van der Waals surface area contributed by atoms with Crippen LogP contribution in [0.1, 0.15) is 37.8 Å². The fraction of sp³-hybridized carbons (Fsp3) is 0.519. The van der Waals surface area contributed by atoms with Crippen molar-refractivity contribution in [3.8, 4) is 5.75 Å². The smallest absolute Gasteiger partial charge is 0.227 e. The molecule has 1 unspecified atom stereocenters. The van der Waals surface area contributed by atoms with Crippen molar-refractivity contribution >= 4 is 17.5 Å². The van der Waals surface area contributed by atoms with Crippen molar-refractivity contribution in [2.24, 2.45) is 11.8 Å². The van der Waals surface area contributed by atoms with Crippen molar-refractivity contribution in [1.29, 1.82) is 0 Å². The number of nitrogens with zero attached hydrogens (tertiary/aromatic N) is 3. The van der Waals surface area contributed by atoms with Gasteiger partial charge in [0.05, 0.1) is 19.1 Å². The van der Waals surface area contributed by atoms with Gasteiger partial charge in [0, 0.05) is 55.1 Å². The summed E-state index contributed by atoms with van der Waals surface area (Å²) < 4.78 is 6.56. The highest BCUT2D eigenvalue weighted by molar-refractivity contribution is 5.94. The molecule has 1 fully saturated rings. The number of benzene rings is 1. The van der Waals surface area contributed by atoms with Crippen molar-refractivity contribution in [3.63, 3.8) is 0 Å². The number of carbonyl (C=O) groups excluding carboxylic acids is 2. The Hall–Kier alpha value is -2.97. The van der Waals surface area contributed by atoms with Gasteiger partial charge in [-0.2, -0.15) is 0 Å². The highest BCUT2D eigenvalue weighted by atomic mass is 16.5. The predicted octanol–water partition coefficient (Wildman–Crippen LogP) is 2.71. The van der Waals surface area contributed by atoms with Crippen LogP contribution in [0.3, 0.4) is 0 Å². The molecule has 1 aromatic carbocycles. The number of pyridine rings is 1. The summed E-state index contributed by atoms with van der Waals surface area (Å²) in [6.07, 6.45) is 5.42. The maximum absolute atomic E-state index is 13.3. The third kappa shape index (κ3) is 6.58. The van der Waals surface area contributed by atoms with Gasteiger partial charge in [0.1, 0.15) is 11.9 Å². The minimum atomic E-state index is -0.292. The van der Waals surface area contributed by atoms with E-state index in [1.807, 2.05) is 37.3 Å². The Kier molecular flexibility index (Phi) is 8.03. The first-order valence-electron chi connectivity index (χ1n) is 12.4. The van der Waals surface area contributed by atoms with Gasteiger partial charge >= 0.3 is 0 Å². The van der Waals surface area contributed by atoms with E-state index in [9.17, 15) is 14.7 Å². The van der Waals surface area contributed by atoms with Gasteiger partial charge in [-0.25, -0.2) is 0 Å². The third-order valence-electron chi connectivity index (χ3n) is 6.83. The lowest BCUT2D eigenvalue weighted by molar-refractivity contribution is -0.134. The van der Waals surface area contributed by atoms with E-state index in [-0.39, 0.29) is 48.8 Å². The Morgan fingerprint density at radius 1 is 1.29 bits per heavy atom. The zero-order valence-electron chi connectivity index (χ0n) is 20.8. The molecular formula is C27H36N4O4. The number of fused-ring (bicyclic) bond motifs is 1. The maximum Gasteiger partial charge on any atom is 0.227 e. The number of ether oxygens (including phenoxy) is 1. The summed E-state index contributed by atoms with van der Waals surface area (Å²) >= 11 is 0. The summed E-state index contributed by atoms with van der Waals surface area (Å²) in [4.78, 5) is 33.6. The van der Waals surface area contributed by atoms with E-state index in [0.29, 0.717) is 24.5 Å². The first-order valence-corrected chi connectivity index (χ1v) is 12.4. The second-order valence-electron chi connectivity index (χ2n) is 10.0. The molecule has 4 rings (SSSR count). The van der Waals surface area contributed by atoms with Crippen LogP contribution >= 0.6 is 0 Å². The van der Waals surface area contributed by atoms with E-state index in [1.54, 1.807) is 17.3 Å². The van der Waals surface area contributed by atoms with Crippen molar-refractivity contribution in [1.82, 2.24) is 14.8 Å². The van der Waals surface area contributed by atoms with Crippen LogP contribution in [-0.4, -0.2) is 70.6 Å². The summed E-state index contributed by atoms with van der Waals surface area (Å²) in [5.41, 5.74) is 2.59. The molecule has 3 atom stereocenters. The van der Waals surface area contributed by atoms with Gasteiger partial charge in [-0.15, -0.1) is 0 Å². The van der Waals surface area contributed by atoms with Crippen LogP contribution in [0, 0.1) is 11.8 Å². The van der Waals surface area contributed by atoms with Gasteiger partial charge in [0.15, 0.2) is 0 Å². The molecule has 2 N–H and O–H groups in total. The van der Waals surface area contributed by atoms with Crippen LogP contribution in [0.15, 0.2) is 42.7 Å². The topological polar surface area (TPSA) is 95.0 Å². The number of hydrogen-bond acceptors (Lipinski definition) is 6. The van der Waals surface area contributed by atoms with E-state index in [4.69, 9.17) is 4.74 Å². The zero-order valence-corrected chi connectivity index (χ0v) is 20.8. The lowest BCUT2D eigenvalue weighted by Crippen LogP contribution is -2.47. The Labute approximate surface area is 207 Å². The van der Waals surface area contributed by atoms with Crippen LogP contribution in [0.25, 0.3) is 0 Å². The first-order chi connectivity index (χ1) is 16.8. The van der Waals surface area contributed by atoms with Crippen LogP contribution in [0.4, 0.5) is 5.69 Å². The van der Waals surface area contributed by atoms with E-state index in [2.05, 4.69) is 29.2 Å². The van der Waals surface area contributed by atoms with Gasteiger partial charge < -0.3 is 20.1 Å². The summed E-state index contributed by atoms with van der Waals surface area (Å²) in [6.45, 7) is 5.76. The highest BCUT2D eigenvalue weighted by Crippen LogP contribution is 2.32. The number of amides is 2. The van der Waals surface area contributed by atoms with E-state index in [1.165, 1.54) is 5.56 Å². The number of hydrogen-bond donors (Lipinski definition) is 2. The lowest BCUT2D eigenvalue weighted by atomic mass is 10.0. The number of carbonyl (C=O) groups is 2. The molecule has 1 saturated carbocycles. The molecule has 8 heteroatoms. The number of aliphatic hydroxyl groups excluding tert-OH is 1. The molecule has 35 heavy (non-hydrogen) atoms. The monoisotopic (exact) mass is 480 g/mol. The van der Waals surface area contributed by atoms with Gasteiger partial charge in [-0.1, -0.05) is 6.92 Å². The second kappa shape index (κ2) is 11.2. The van der Waals surface area contributed by atoms with Gasteiger partial charge in [-0.05, 0) is 62.7 Å². The van der Waals surface area contributed by atoms with E-state index < -0.39 is 0 Å². The van der Waals surface area contributed by atoms with Crippen LogP contribution in [0.5, 0.6) is 5.75 Å². The molecule has 8 nitrogen and oxygen atoms in total. The van der Waals surface area contributed by atoms with Crippen molar-refractivity contribution in [2.45, 2.75) is 51.8 Å². The SMILES string of the molecule is C[C@@H]1CN([C@@H](C)CO)C(=O)Cc2cc(NC(=O)C3CC3)ccc2OC1CN(C)Cc1ccncc1. The molecule has 0 spiro atoms. The Morgan fingerprint density at radius 3 is 2.71 bits per heavy atom. The number of aromatic nitrogens is 1. The molecule has 2 amide bonds. The fourth-order valence-corrected chi connectivity index (χ4v) is 4.49. The maximum atomic E-state index is 13.3. The Bertz CT molecular complexity index is 1030. The molecule has 0 bridgehead atoms. The largest absolute Gasteiger partial charge is 0.488 e. The molecule has 1 aromatic heterocycles. The molecule has 1 aliphatic carbocycles. The fourth-order valence-electron chi connectivity index (χ4n) is 4.49. The lowest BCUT2D eigenvalue weighted by Gasteiger charge is -2.34. The van der Waals surface area contributed by atoms with Crippen molar-refractivity contribution in [3.05, 3.63) is 53.9 Å². The molecule has 1 aliphatic heterocycles. The third-order valence-corrected chi connectivity index (χ3v) is 6.83. The first kappa shape index (κ1) is 25.1. The summed E-state index contributed by atoms with van der Waals surface area (Å²) in [5, 5.41) is 12.8. The van der Waals surface area contributed by atoms with Gasteiger partial charge in [0.2, 0.25) is 11.8 Å². The molecule has 0 saturated heterocycles. The summed E-state index contributed by atoms with van der Waals surface area (Å²) in [5.74, 6) is 0.767. The van der Waals surface area contributed by atoms with E-state index >= 15 is 0 Å². The van der Waals surface area contributed by atoms with Crippen molar-refractivity contribution < 1.29 is 19.4 Å². The molecule has 2 heterocycles. The van der Waals surface area contributed by atoms with Gasteiger partial charge in [-0.3, -0.25) is 19.5 Å². The number of rotatable bonds is 8. The molecule has 2 aliphatic rings. The number of anilines is 1. The van der Waals surface area contributed by atoms with E-state index in [0.717, 1.165) is 24.9 Å². The number of nitrogens with one attached hydrogen (secondary N) is 1. The highest BCUT2D eigenvalue weighted by Gasteiger charge is 2.32. The van der Waals surface area contributed by atoms with Crippen molar-refractivity contribution in [2.75, 3.05) is 32.1 Å².